The third-order valence-corrected chi connectivity index (χ3v) is 7.00. The van der Waals surface area contributed by atoms with E-state index in [9.17, 15) is 18.6 Å². The van der Waals surface area contributed by atoms with E-state index < -0.39 is 10.1 Å². The Labute approximate surface area is 219 Å². The third-order valence-electron chi connectivity index (χ3n) is 5.40. The van der Waals surface area contributed by atoms with Crippen molar-refractivity contribution in [3.8, 4) is 51.0 Å². The quantitative estimate of drug-likeness (QED) is 0.211. The largest absolute Gasteiger partial charge is 0.507 e. The first-order chi connectivity index (χ1) is 17.7. The topological polar surface area (TPSA) is 115 Å². The fraction of sp³-hybridized carbons (Fsp3) is 0.148. The monoisotopic (exact) mass is 539 g/mol. The van der Waals surface area contributed by atoms with E-state index in [0.717, 1.165) is 11.9 Å². The predicted molar refractivity (Wildman–Crippen MR) is 143 cm³/mol. The average Bonchev–Trinajstić information content (AvgIpc) is 2.87. The Kier molecular flexibility index (Phi) is 7.80. The van der Waals surface area contributed by atoms with Crippen LogP contribution in [0, 0.1) is 0 Å². The highest BCUT2D eigenvalue weighted by molar-refractivity contribution is 7.98. The van der Waals surface area contributed by atoms with E-state index >= 15 is 0 Å². The van der Waals surface area contributed by atoms with Crippen LogP contribution in [0.2, 0.25) is 0 Å². The van der Waals surface area contributed by atoms with Gasteiger partial charge in [-0.2, -0.15) is 8.42 Å². The SMILES string of the molecule is COc1cc(-c2ccc(OS(C)(=O)=O)cc2)c(OC)c(O)c1-c1ccc(SCc2ccccn2)c(O)c1. The summed E-state index contributed by atoms with van der Waals surface area (Å²) in [4.78, 5) is 4.97. The lowest BCUT2D eigenvalue weighted by atomic mass is 9.96. The number of ether oxygens (including phenoxy) is 2. The Balaban J connectivity index is 1.69. The van der Waals surface area contributed by atoms with Crippen LogP contribution in [0.15, 0.2) is 77.8 Å². The van der Waals surface area contributed by atoms with Gasteiger partial charge in [-0.05, 0) is 53.6 Å². The highest BCUT2D eigenvalue weighted by Gasteiger charge is 2.22. The number of phenols is 2. The predicted octanol–water partition coefficient (Wildman–Crippen LogP) is 5.47. The Bertz CT molecular complexity index is 1510. The zero-order chi connectivity index (χ0) is 26.6. The second kappa shape index (κ2) is 11.0. The Morgan fingerprint density at radius 2 is 1.65 bits per heavy atom. The molecule has 3 aromatic carbocycles. The fourth-order valence-corrected chi connectivity index (χ4v) is 5.09. The summed E-state index contributed by atoms with van der Waals surface area (Å²) >= 11 is 1.45. The van der Waals surface area contributed by atoms with Crippen LogP contribution in [-0.2, 0) is 15.9 Å². The number of aromatic hydroxyl groups is 2. The summed E-state index contributed by atoms with van der Waals surface area (Å²) in [7, 11) is -0.740. The molecule has 0 unspecified atom stereocenters. The summed E-state index contributed by atoms with van der Waals surface area (Å²) in [6.07, 6.45) is 2.69. The van der Waals surface area contributed by atoms with Gasteiger partial charge in [0.15, 0.2) is 11.5 Å². The third kappa shape index (κ3) is 6.10. The van der Waals surface area contributed by atoms with Crippen LogP contribution < -0.4 is 13.7 Å². The van der Waals surface area contributed by atoms with E-state index in [0.29, 0.717) is 38.7 Å². The van der Waals surface area contributed by atoms with Gasteiger partial charge in [-0.25, -0.2) is 0 Å². The van der Waals surface area contributed by atoms with E-state index in [1.807, 2.05) is 18.2 Å². The zero-order valence-electron chi connectivity index (χ0n) is 20.3. The summed E-state index contributed by atoms with van der Waals surface area (Å²) in [5.74, 6) is 1.21. The number of hydrogen-bond donors (Lipinski definition) is 2. The van der Waals surface area contributed by atoms with Gasteiger partial charge in [0.25, 0.3) is 0 Å². The molecule has 4 aromatic rings. The Hall–Kier alpha value is -3.89. The van der Waals surface area contributed by atoms with Crippen molar-refractivity contribution in [2.24, 2.45) is 0 Å². The summed E-state index contributed by atoms with van der Waals surface area (Å²) in [5, 5.41) is 21.9. The van der Waals surface area contributed by atoms with Gasteiger partial charge in [0.2, 0.25) is 0 Å². The number of hydrogen-bond acceptors (Lipinski definition) is 9. The van der Waals surface area contributed by atoms with Crippen LogP contribution in [0.3, 0.4) is 0 Å². The minimum atomic E-state index is -3.66. The molecule has 37 heavy (non-hydrogen) atoms. The van der Waals surface area contributed by atoms with Gasteiger partial charge in [0.1, 0.15) is 17.2 Å². The van der Waals surface area contributed by atoms with Gasteiger partial charge in [0, 0.05) is 22.4 Å². The maximum Gasteiger partial charge on any atom is 0.306 e. The Morgan fingerprint density at radius 3 is 2.24 bits per heavy atom. The molecule has 8 nitrogen and oxygen atoms in total. The minimum absolute atomic E-state index is 0.0596. The number of thioether (sulfide) groups is 1. The van der Waals surface area contributed by atoms with Crippen LogP contribution in [0.5, 0.6) is 28.7 Å². The molecule has 10 heteroatoms. The van der Waals surface area contributed by atoms with E-state index in [1.54, 1.807) is 42.6 Å². The molecule has 192 valence electrons. The lowest BCUT2D eigenvalue weighted by Gasteiger charge is -2.18. The van der Waals surface area contributed by atoms with Crippen LogP contribution in [-0.4, -0.2) is 44.1 Å². The second-order valence-electron chi connectivity index (χ2n) is 7.99. The van der Waals surface area contributed by atoms with Gasteiger partial charge in [-0.1, -0.05) is 24.3 Å². The molecule has 4 rings (SSSR count). The Morgan fingerprint density at radius 1 is 0.919 bits per heavy atom. The maximum absolute atomic E-state index is 11.4. The number of rotatable bonds is 9. The molecule has 0 saturated carbocycles. The molecule has 0 fully saturated rings. The average molecular weight is 540 g/mol. The molecule has 0 aliphatic rings. The molecule has 0 aliphatic carbocycles. The molecule has 1 aromatic heterocycles. The number of methoxy groups -OCH3 is 2. The van der Waals surface area contributed by atoms with Crippen molar-refractivity contribution in [1.82, 2.24) is 4.98 Å². The van der Waals surface area contributed by atoms with Crippen LogP contribution in [0.1, 0.15) is 5.69 Å². The number of benzene rings is 3. The lowest BCUT2D eigenvalue weighted by Crippen LogP contribution is -2.05. The smallest absolute Gasteiger partial charge is 0.306 e. The van der Waals surface area contributed by atoms with Crippen molar-refractivity contribution in [2.75, 3.05) is 20.5 Å². The van der Waals surface area contributed by atoms with Crippen LogP contribution >= 0.6 is 11.8 Å². The molecule has 0 saturated heterocycles. The normalized spacial score (nSPS) is 11.2. The zero-order valence-corrected chi connectivity index (χ0v) is 22.0. The number of pyridine rings is 1. The van der Waals surface area contributed by atoms with Crippen molar-refractivity contribution in [3.05, 3.63) is 78.6 Å². The highest BCUT2D eigenvalue weighted by Crippen LogP contribution is 2.50. The van der Waals surface area contributed by atoms with E-state index in [-0.39, 0.29) is 23.0 Å². The summed E-state index contributed by atoms with van der Waals surface area (Å²) in [6, 6.07) is 18.8. The number of phenolic OH excluding ortho intramolecular Hbond substituents is 2. The molecule has 0 radical (unpaired) electrons. The van der Waals surface area contributed by atoms with Crippen molar-refractivity contribution in [1.29, 1.82) is 0 Å². The molecule has 0 bridgehead atoms. The van der Waals surface area contributed by atoms with Gasteiger partial charge in [0.05, 0.1) is 31.7 Å². The molecular weight excluding hydrogens is 514 g/mol. The molecule has 2 N–H and O–H groups in total. The fourth-order valence-electron chi connectivity index (χ4n) is 3.78. The van der Waals surface area contributed by atoms with E-state index in [4.69, 9.17) is 13.7 Å². The maximum atomic E-state index is 11.4. The molecule has 0 amide bonds. The molecular formula is C27H25NO7S2. The van der Waals surface area contributed by atoms with E-state index in [2.05, 4.69) is 4.98 Å². The second-order valence-corrected chi connectivity index (χ2v) is 10.6. The number of aromatic nitrogens is 1. The van der Waals surface area contributed by atoms with Crippen LogP contribution in [0.4, 0.5) is 0 Å². The first-order valence-corrected chi connectivity index (χ1v) is 13.8. The molecule has 1 heterocycles. The lowest BCUT2D eigenvalue weighted by molar-refractivity contribution is 0.369. The minimum Gasteiger partial charge on any atom is -0.507 e. The molecule has 0 spiro atoms. The van der Waals surface area contributed by atoms with Crippen molar-refractivity contribution < 1.29 is 32.3 Å². The van der Waals surface area contributed by atoms with Gasteiger partial charge >= 0.3 is 10.1 Å². The van der Waals surface area contributed by atoms with E-state index in [1.165, 1.54) is 38.1 Å². The first-order valence-electron chi connectivity index (χ1n) is 11.0. The standard InChI is InChI=1S/C27H25NO7S2/c1-33-23-15-21(17-7-10-20(11-8-17)35-37(3,31)32)27(34-2)26(30)25(23)18-9-12-24(22(29)14-18)36-16-19-6-4-5-13-28-19/h4-15,29-30H,16H2,1-3H3. The van der Waals surface area contributed by atoms with Gasteiger partial charge in [-0.15, -0.1) is 11.8 Å². The van der Waals surface area contributed by atoms with Crippen molar-refractivity contribution in [3.63, 3.8) is 0 Å². The summed E-state index contributed by atoms with van der Waals surface area (Å²) in [6.45, 7) is 0. The first kappa shape index (κ1) is 26.2. The van der Waals surface area contributed by atoms with Crippen molar-refractivity contribution in [2.45, 2.75) is 10.6 Å². The van der Waals surface area contributed by atoms with Gasteiger partial charge < -0.3 is 23.9 Å². The van der Waals surface area contributed by atoms with Gasteiger partial charge in [-0.3, -0.25) is 4.98 Å². The number of nitrogens with zero attached hydrogens (tertiary/aromatic N) is 1. The molecule has 0 aliphatic heterocycles. The summed E-state index contributed by atoms with van der Waals surface area (Å²) in [5.41, 5.74) is 2.96. The summed E-state index contributed by atoms with van der Waals surface area (Å²) < 4.78 is 38.8. The van der Waals surface area contributed by atoms with Crippen LogP contribution in [0.25, 0.3) is 22.3 Å². The highest BCUT2D eigenvalue weighted by atomic mass is 32.2. The van der Waals surface area contributed by atoms with Crippen molar-refractivity contribution >= 4 is 21.9 Å². The molecule has 0 atom stereocenters.